The summed E-state index contributed by atoms with van der Waals surface area (Å²) in [5.74, 6) is 1.17. The monoisotopic (exact) mass is 141 g/mol. The zero-order valence-corrected chi connectivity index (χ0v) is 6.66. The first-order valence-electron chi connectivity index (χ1n) is 3.15. The Morgan fingerprint density at radius 2 is 2.56 bits per heavy atom. The second-order valence-corrected chi connectivity index (χ2v) is 3.09. The maximum Gasteiger partial charge on any atom is 0.0931 e. The maximum atomic E-state index is 4.32. The molecular weight excluding hydrogens is 130 g/mol. The van der Waals surface area contributed by atoms with Gasteiger partial charge in [0.25, 0.3) is 0 Å². The van der Waals surface area contributed by atoms with E-state index in [4.69, 9.17) is 0 Å². The van der Waals surface area contributed by atoms with Gasteiger partial charge >= 0.3 is 0 Å². The quantitative estimate of drug-likeness (QED) is 0.544. The van der Waals surface area contributed by atoms with E-state index < -0.39 is 0 Å². The van der Waals surface area contributed by atoms with Crippen molar-refractivity contribution in [1.29, 1.82) is 0 Å². The Morgan fingerprint density at radius 3 is 3.00 bits per heavy atom. The average molecular weight is 141 g/mol. The van der Waals surface area contributed by atoms with Crippen LogP contribution in [0.25, 0.3) is 0 Å². The third kappa shape index (κ3) is 1.58. The number of allylic oxidation sites excluding steroid dienone is 1. The molecular formula is C7H11NS. The molecule has 2 heteroatoms. The van der Waals surface area contributed by atoms with Gasteiger partial charge in [0.1, 0.15) is 0 Å². The number of rotatable bonds is 1. The lowest BCUT2D eigenvalue weighted by molar-refractivity contribution is 1.17. The van der Waals surface area contributed by atoms with Crippen molar-refractivity contribution in [3.63, 3.8) is 0 Å². The predicted octanol–water partition coefficient (Wildman–Crippen LogP) is 2.10. The van der Waals surface area contributed by atoms with E-state index in [1.165, 1.54) is 16.4 Å². The normalized spacial score (nSPS) is 20.2. The van der Waals surface area contributed by atoms with Crippen LogP contribution >= 0.6 is 11.8 Å². The molecule has 1 aliphatic heterocycles. The lowest BCUT2D eigenvalue weighted by atomic mass is 10.3. The number of hydrogen-bond acceptors (Lipinski definition) is 2. The zero-order valence-electron chi connectivity index (χ0n) is 5.85. The molecule has 0 radical (unpaired) electrons. The van der Waals surface area contributed by atoms with Crippen LogP contribution in [0.15, 0.2) is 16.6 Å². The largest absolute Gasteiger partial charge is 0.277 e. The van der Waals surface area contributed by atoms with E-state index in [1.54, 1.807) is 0 Å². The van der Waals surface area contributed by atoms with Crippen LogP contribution in [0.4, 0.5) is 0 Å². The van der Waals surface area contributed by atoms with Crippen LogP contribution in [-0.2, 0) is 0 Å². The third-order valence-electron chi connectivity index (χ3n) is 1.36. The van der Waals surface area contributed by atoms with Gasteiger partial charge in [0.2, 0.25) is 0 Å². The Bertz CT molecular complexity index is 158. The smallest absolute Gasteiger partial charge is 0.0931 e. The molecule has 1 rings (SSSR count). The van der Waals surface area contributed by atoms with E-state index in [1.807, 2.05) is 11.8 Å². The molecule has 0 N–H and O–H groups in total. The first kappa shape index (κ1) is 6.87. The van der Waals surface area contributed by atoms with Crippen LogP contribution < -0.4 is 0 Å². The van der Waals surface area contributed by atoms with Gasteiger partial charge in [-0.15, -0.1) is 11.8 Å². The summed E-state index contributed by atoms with van der Waals surface area (Å²) in [6, 6.07) is 0. The van der Waals surface area contributed by atoms with Gasteiger partial charge in [-0.05, 0) is 19.4 Å². The van der Waals surface area contributed by atoms with Gasteiger partial charge in [0.15, 0.2) is 0 Å². The van der Waals surface area contributed by atoms with E-state index in [0.717, 1.165) is 6.54 Å². The van der Waals surface area contributed by atoms with Gasteiger partial charge in [-0.3, -0.25) is 4.99 Å². The van der Waals surface area contributed by atoms with Crippen molar-refractivity contribution in [2.24, 2.45) is 4.99 Å². The number of hydrogen-bond donors (Lipinski definition) is 0. The molecule has 0 atom stereocenters. The fraction of sp³-hybridized carbons (Fsp3) is 0.571. The second kappa shape index (κ2) is 3.06. The summed E-state index contributed by atoms with van der Waals surface area (Å²) in [6.45, 7) is 5.17. The molecule has 9 heavy (non-hydrogen) atoms. The highest BCUT2D eigenvalue weighted by Crippen LogP contribution is 2.17. The SMILES string of the molecule is CC=C(C)C1=NCCS1. The van der Waals surface area contributed by atoms with Gasteiger partial charge in [-0.2, -0.15) is 0 Å². The van der Waals surface area contributed by atoms with Gasteiger partial charge in [0.05, 0.1) is 5.04 Å². The molecule has 1 heterocycles. The van der Waals surface area contributed by atoms with Crippen LogP contribution in [0.5, 0.6) is 0 Å². The summed E-state index contributed by atoms with van der Waals surface area (Å²) in [7, 11) is 0. The summed E-state index contributed by atoms with van der Waals surface area (Å²) in [6.07, 6.45) is 2.11. The Kier molecular flexibility index (Phi) is 2.34. The predicted molar refractivity (Wildman–Crippen MR) is 44.2 cm³/mol. The maximum absolute atomic E-state index is 4.32. The van der Waals surface area contributed by atoms with Crippen LogP contribution in [0.2, 0.25) is 0 Å². The number of nitrogens with zero attached hydrogens (tertiary/aromatic N) is 1. The molecule has 0 aromatic rings. The van der Waals surface area contributed by atoms with Gasteiger partial charge in [-0.1, -0.05) is 6.08 Å². The summed E-state index contributed by atoms with van der Waals surface area (Å²) in [5, 5.41) is 1.23. The average Bonchev–Trinajstić information content (AvgIpc) is 2.37. The van der Waals surface area contributed by atoms with Gasteiger partial charge in [-0.25, -0.2) is 0 Å². The van der Waals surface area contributed by atoms with Crippen molar-refractivity contribution < 1.29 is 0 Å². The lowest BCUT2D eigenvalue weighted by Gasteiger charge is -1.94. The highest BCUT2D eigenvalue weighted by atomic mass is 32.2. The summed E-state index contributed by atoms with van der Waals surface area (Å²) in [4.78, 5) is 4.32. The van der Waals surface area contributed by atoms with Crippen LogP contribution in [0.1, 0.15) is 13.8 Å². The first-order valence-corrected chi connectivity index (χ1v) is 4.13. The first-order chi connectivity index (χ1) is 4.34. The fourth-order valence-corrected chi connectivity index (χ4v) is 1.60. The van der Waals surface area contributed by atoms with Crippen molar-refractivity contribution in [3.8, 4) is 0 Å². The molecule has 0 fully saturated rings. The highest BCUT2D eigenvalue weighted by molar-refractivity contribution is 8.14. The van der Waals surface area contributed by atoms with Crippen LogP contribution in [-0.4, -0.2) is 17.3 Å². The molecule has 0 spiro atoms. The molecule has 0 saturated carbocycles. The molecule has 0 unspecified atom stereocenters. The number of aliphatic imine (C=N–C) groups is 1. The molecule has 0 aromatic carbocycles. The molecule has 0 saturated heterocycles. The molecule has 0 bridgehead atoms. The molecule has 0 amide bonds. The van der Waals surface area contributed by atoms with E-state index in [-0.39, 0.29) is 0 Å². The van der Waals surface area contributed by atoms with Crippen molar-refractivity contribution in [1.82, 2.24) is 0 Å². The minimum atomic E-state index is 1.01. The lowest BCUT2D eigenvalue weighted by Crippen LogP contribution is -1.87. The molecule has 0 aliphatic carbocycles. The van der Waals surface area contributed by atoms with Crippen molar-refractivity contribution >= 4 is 16.8 Å². The van der Waals surface area contributed by atoms with Crippen molar-refractivity contribution in [2.45, 2.75) is 13.8 Å². The molecule has 1 aliphatic rings. The highest BCUT2D eigenvalue weighted by Gasteiger charge is 2.06. The van der Waals surface area contributed by atoms with E-state index in [9.17, 15) is 0 Å². The fourth-order valence-electron chi connectivity index (χ4n) is 0.697. The Hall–Kier alpha value is -0.240. The Morgan fingerprint density at radius 1 is 1.78 bits per heavy atom. The molecule has 1 nitrogen and oxygen atoms in total. The molecule has 50 valence electrons. The molecule has 0 aromatic heterocycles. The Labute approximate surface area is 60.3 Å². The van der Waals surface area contributed by atoms with Gasteiger partial charge in [0, 0.05) is 12.3 Å². The van der Waals surface area contributed by atoms with Gasteiger partial charge < -0.3 is 0 Å². The Balaban J connectivity index is 2.61. The van der Waals surface area contributed by atoms with Crippen molar-refractivity contribution in [3.05, 3.63) is 11.6 Å². The van der Waals surface area contributed by atoms with E-state index >= 15 is 0 Å². The van der Waals surface area contributed by atoms with Crippen LogP contribution in [0.3, 0.4) is 0 Å². The van der Waals surface area contributed by atoms with E-state index in [0.29, 0.717) is 0 Å². The minimum Gasteiger partial charge on any atom is -0.277 e. The standard InChI is InChI=1S/C7H11NS/c1-3-6(2)7-8-4-5-9-7/h3H,4-5H2,1-2H3. The van der Waals surface area contributed by atoms with Crippen molar-refractivity contribution in [2.75, 3.05) is 12.3 Å². The van der Waals surface area contributed by atoms with Crippen LogP contribution in [0, 0.1) is 0 Å². The summed E-state index contributed by atoms with van der Waals surface area (Å²) >= 11 is 1.86. The summed E-state index contributed by atoms with van der Waals surface area (Å²) in [5.41, 5.74) is 1.32. The topological polar surface area (TPSA) is 12.4 Å². The zero-order chi connectivity index (χ0) is 6.69. The minimum absolute atomic E-state index is 1.01. The van der Waals surface area contributed by atoms with E-state index in [2.05, 4.69) is 24.9 Å². The second-order valence-electron chi connectivity index (χ2n) is 2.01. The third-order valence-corrected chi connectivity index (χ3v) is 2.47. The number of thioether (sulfide) groups is 1. The summed E-state index contributed by atoms with van der Waals surface area (Å²) < 4.78 is 0.